The van der Waals surface area contributed by atoms with Crippen molar-refractivity contribution in [3.63, 3.8) is 0 Å². The van der Waals surface area contributed by atoms with Gasteiger partial charge in [0, 0.05) is 33.4 Å². The minimum Gasteiger partial charge on any atom is -0.310 e. The lowest BCUT2D eigenvalue weighted by molar-refractivity contribution is 1.18. The predicted molar refractivity (Wildman–Crippen MR) is 263 cm³/mol. The van der Waals surface area contributed by atoms with Gasteiger partial charge in [-0.1, -0.05) is 194 Å². The molecule has 0 unspecified atom stereocenters. The van der Waals surface area contributed by atoms with Crippen LogP contribution in [0.1, 0.15) is 5.48 Å². The van der Waals surface area contributed by atoms with Gasteiger partial charge in [0.25, 0.3) is 0 Å². The molecule has 292 valence electrons. The Bertz CT molecular complexity index is 3520. The monoisotopic (exact) mass is 794 g/mol. The zero-order valence-electron chi connectivity index (χ0n) is 37.8. The van der Waals surface area contributed by atoms with Gasteiger partial charge in [-0.2, -0.15) is 0 Å². The number of hydrogen-bond acceptors (Lipinski definition) is 1. The molecule has 0 fully saturated rings. The summed E-state index contributed by atoms with van der Waals surface area (Å²) >= 11 is 0. The van der Waals surface area contributed by atoms with E-state index in [0.717, 1.165) is 66.9 Å². The van der Waals surface area contributed by atoms with E-state index in [-0.39, 0.29) is 35.4 Å². The van der Waals surface area contributed by atoms with Crippen LogP contribution in [0.15, 0.2) is 255 Å². The Morgan fingerprint density at radius 3 is 1.47 bits per heavy atom. The predicted octanol–water partition coefficient (Wildman–Crippen LogP) is 16.6. The van der Waals surface area contributed by atoms with Gasteiger partial charge in [0.05, 0.1) is 22.2 Å². The summed E-state index contributed by atoms with van der Waals surface area (Å²) < 4.78 is 40.3. The zero-order chi connectivity index (χ0) is 44.7. The third kappa shape index (κ3) is 6.84. The van der Waals surface area contributed by atoms with Crippen molar-refractivity contribution in [2.75, 3.05) is 4.90 Å². The van der Waals surface area contributed by atoms with Gasteiger partial charge in [-0.3, -0.25) is 0 Å². The maximum absolute atomic E-state index is 9.61. The average molecular weight is 795 g/mol. The highest BCUT2D eigenvalue weighted by Crippen LogP contribution is 2.44. The Balaban J connectivity index is 1.07. The summed E-state index contributed by atoms with van der Waals surface area (Å²) in [4.78, 5) is 1.90. The smallest absolute Gasteiger partial charge is 0.0645 e. The molecule has 1 aromatic heterocycles. The molecule has 0 bridgehead atoms. The fourth-order valence-electron chi connectivity index (χ4n) is 8.73. The van der Waals surface area contributed by atoms with Crippen LogP contribution in [0.4, 0.5) is 17.1 Å². The molecule has 2 heteroatoms. The second kappa shape index (κ2) is 16.1. The van der Waals surface area contributed by atoms with E-state index in [4.69, 9.17) is 0 Å². The van der Waals surface area contributed by atoms with Crippen molar-refractivity contribution >= 4 is 38.9 Å². The van der Waals surface area contributed by atoms with Gasteiger partial charge in [0.15, 0.2) is 0 Å². The maximum atomic E-state index is 9.61. The number of anilines is 3. The van der Waals surface area contributed by atoms with Crippen molar-refractivity contribution in [2.24, 2.45) is 0 Å². The van der Waals surface area contributed by atoms with Gasteiger partial charge >= 0.3 is 0 Å². The lowest BCUT2D eigenvalue weighted by Gasteiger charge is -2.28. The van der Waals surface area contributed by atoms with Crippen molar-refractivity contribution in [2.45, 2.75) is 0 Å². The lowest BCUT2D eigenvalue weighted by Crippen LogP contribution is -2.11. The van der Waals surface area contributed by atoms with E-state index in [1.165, 1.54) is 10.8 Å². The molecule has 0 aliphatic carbocycles. The average Bonchev–Trinajstić information content (AvgIpc) is 3.73. The standard InChI is InChI=1S/C60H42N2/c1-4-16-43(17-5-1)45-30-32-46(33-31-45)48-36-40-53(41-37-48)61(52-38-34-47(35-39-52)44-18-6-2-7-19-44)57-27-12-10-24-54(57)49-20-14-21-50(42-49)55-26-15-29-59-60(55)56-25-11-13-28-58(56)62(59)51-22-8-3-9-23-51/h1-42H/i34D,35D,38D,39D. The van der Waals surface area contributed by atoms with Crippen molar-refractivity contribution in [1.82, 2.24) is 4.57 Å². The van der Waals surface area contributed by atoms with Crippen LogP contribution in [0.25, 0.3) is 83.1 Å². The zero-order valence-corrected chi connectivity index (χ0v) is 33.8. The minimum atomic E-state index is -0.125. The van der Waals surface area contributed by atoms with Crippen molar-refractivity contribution in [1.29, 1.82) is 0 Å². The number of rotatable bonds is 9. The second-order valence-electron chi connectivity index (χ2n) is 15.4. The van der Waals surface area contributed by atoms with Crippen molar-refractivity contribution < 1.29 is 5.48 Å². The number of benzene rings is 10. The Hall–Kier alpha value is -8.20. The minimum absolute atomic E-state index is 0.0976. The topological polar surface area (TPSA) is 8.17 Å². The fourth-order valence-corrected chi connectivity index (χ4v) is 8.73. The first-order valence-electron chi connectivity index (χ1n) is 22.9. The third-order valence-corrected chi connectivity index (χ3v) is 11.7. The molecule has 11 rings (SSSR count). The summed E-state index contributed by atoms with van der Waals surface area (Å²) in [6.07, 6.45) is 0. The molecular weight excluding hydrogens is 749 g/mol. The van der Waals surface area contributed by atoms with Crippen molar-refractivity contribution in [3.8, 4) is 61.3 Å². The number of aromatic nitrogens is 1. The molecule has 0 amide bonds. The van der Waals surface area contributed by atoms with Crippen LogP contribution in [-0.2, 0) is 0 Å². The molecule has 0 atom stereocenters. The van der Waals surface area contributed by atoms with E-state index in [1.807, 2.05) is 89.8 Å². The van der Waals surface area contributed by atoms with Crippen LogP contribution in [0.2, 0.25) is 0 Å². The SMILES string of the molecule is [2H]c1c([2H])c(N(c2ccc(-c3ccc(-c4ccccc4)cc3)cc2)c2ccccc2-c2cccc(-c3cccc4c3c3ccccc3n4-c3ccccc3)c2)c([2H])c([2H])c1-c1ccccc1. The molecule has 2 nitrogen and oxygen atoms in total. The van der Waals surface area contributed by atoms with E-state index >= 15 is 0 Å². The van der Waals surface area contributed by atoms with E-state index in [9.17, 15) is 5.48 Å². The molecule has 0 saturated carbocycles. The number of hydrogen-bond donors (Lipinski definition) is 0. The molecule has 0 radical (unpaired) electrons. The van der Waals surface area contributed by atoms with Crippen LogP contribution < -0.4 is 4.90 Å². The van der Waals surface area contributed by atoms with Gasteiger partial charge in [-0.05, 0) is 111 Å². The molecule has 0 N–H and O–H groups in total. The number of fused-ring (bicyclic) bond motifs is 3. The largest absolute Gasteiger partial charge is 0.310 e. The maximum Gasteiger partial charge on any atom is 0.0645 e. The summed E-state index contributed by atoms with van der Waals surface area (Å²) in [6.45, 7) is 0. The second-order valence-corrected chi connectivity index (χ2v) is 15.4. The van der Waals surface area contributed by atoms with E-state index in [2.05, 4.69) is 150 Å². The Labute approximate surface area is 368 Å². The number of nitrogens with zero attached hydrogens (tertiary/aromatic N) is 2. The lowest BCUT2D eigenvalue weighted by atomic mass is 9.94. The Kier molecular flexibility index (Phi) is 8.47. The van der Waals surface area contributed by atoms with Gasteiger partial charge in [-0.15, -0.1) is 0 Å². The number of para-hydroxylation sites is 3. The highest BCUT2D eigenvalue weighted by molar-refractivity contribution is 6.16. The van der Waals surface area contributed by atoms with Gasteiger partial charge < -0.3 is 9.47 Å². The molecule has 62 heavy (non-hydrogen) atoms. The Morgan fingerprint density at radius 1 is 0.323 bits per heavy atom. The highest BCUT2D eigenvalue weighted by Gasteiger charge is 2.20. The first kappa shape index (κ1) is 32.6. The fraction of sp³-hybridized carbons (Fsp3) is 0. The third-order valence-electron chi connectivity index (χ3n) is 11.7. The molecule has 0 aliphatic rings. The van der Waals surface area contributed by atoms with Crippen LogP contribution in [0, 0.1) is 0 Å². The van der Waals surface area contributed by atoms with Crippen LogP contribution in [-0.4, -0.2) is 4.57 Å². The highest BCUT2D eigenvalue weighted by atomic mass is 15.1. The first-order chi connectivity index (χ1) is 32.4. The molecule has 10 aromatic carbocycles. The van der Waals surface area contributed by atoms with E-state index in [0.29, 0.717) is 11.3 Å². The first-order valence-corrected chi connectivity index (χ1v) is 20.9. The van der Waals surface area contributed by atoms with E-state index < -0.39 is 0 Å². The molecule has 0 spiro atoms. The van der Waals surface area contributed by atoms with Gasteiger partial charge in [0.2, 0.25) is 0 Å². The van der Waals surface area contributed by atoms with Crippen molar-refractivity contribution in [3.05, 3.63) is 255 Å². The molecule has 1 heterocycles. The molecule has 0 aliphatic heterocycles. The summed E-state index contributed by atoms with van der Waals surface area (Å²) in [6, 6.07) is 77.9. The van der Waals surface area contributed by atoms with Crippen LogP contribution in [0.3, 0.4) is 0 Å². The summed E-state index contributed by atoms with van der Waals surface area (Å²) in [7, 11) is 0. The summed E-state index contributed by atoms with van der Waals surface area (Å²) in [5.41, 5.74) is 14.2. The molecule has 11 aromatic rings. The van der Waals surface area contributed by atoms with Crippen LogP contribution >= 0.6 is 0 Å². The Morgan fingerprint density at radius 2 is 0.790 bits per heavy atom. The normalized spacial score (nSPS) is 12.1. The molecule has 0 saturated heterocycles. The summed E-state index contributed by atoms with van der Waals surface area (Å²) in [5.74, 6) is 0. The summed E-state index contributed by atoms with van der Waals surface area (Å²) in [5, 5.41) is 2.34. The van der Waals surface area contributed by atoms with Gasteiger partial charge in [0.1, 0.15) is 0 Å². The van der Waals surface area contributed by atoms with Crippen LogP contribution in [0.5, 0.6) is 0 Å². The van der Waals surface area contributed by atoms with E-state index in [1.54, 1.807) is 0 Å². The van der Waals surface area contributed by atoms with Gasteiger partial charge in [-0.25, -0.2) is 0 Å². The quantitative estimate of drug-likeness (QED) is 0.141. The molecular formula is C60H42N2.